The summed E-state index contributed by atoms with van der Waals surface area (Å²) >= 11 is 0. The maximum Gasteiger partial charge on any atom is 0.411 e. The van der Waals surface area contributed by atoms with Crippen molar-refractivity contribution >= 4 is 17.4 Å². The number of carbonyl (C=O) groups excluding carboxylic acids is 1. The number of alkyl halides is 3. The molecule has 2 amide bonds. The molecule has 10 heteroatoms. The van der Waals surface area contributed by atoms with E-state index in [1.165, 1.54) is 6.07 Å². The van der Waals surface area contributed by atoms with Gasteiger partial charge in [-0.1, -0.05) is 0 Å². The van der Waals surface area contributed by atoms with Crippen LogP contribution in [0.15, 0.2) is 18.2 Å². The Labute approximate surface area is 174 Å². The lowest BCUT2D eigenvalue weighted by Gasteiger charge is -2.34. The predicted octanol–water partition coefficient (Wildman–Crippen LogP) is 3.79. The van der Waals surface area contributed by atoms with Crippen molar-refractivity contribution in [3.8, 4) is 0 Å². The first-order chi connectivity index (χ1) is 14.1. The normalized spacial score (nSPS) is 15.5. The summed E-state index contributed by atoms with van der Waals surface area (Å²) in [6.45, 7) is 5.60. The number of nitrogens with one attached hydrogen (secondary N) is 1. The highest BCUT2D eigenvalue weighted by Crippen LogP contribution is 2.23. The molecular formula is C20H30F4N4O2. The molecule has 1 heterocycles. The minimum atomic E-state index is -4.30. The number of hydrogen-bond donors (Lipinski definition) is 1. The maximum atomic E-state index is 14.4. The van der Waals surface area contributed by atoms with E-state index in [0.717, 1.165) is 0 Å². The molecule has 0 bridgehead atoms. The van der Waals surface area contributed by atoms with Crippen molar-refractivity contribution in [3.05, 3.63) is 24.0 Å². The van der Waals surface area contributed by atoms with Crippen molar-refractivity contribution in [3.63, 3.8) is 0 Å². The van der Waals surface area contributed by atoms with Crippen LogP contribution < -0.4 is 10.2 Å². The van der Waals surface area contributed by atoms with Crippen LogP contribution in [0.5, 0.6) is 0 Å². The lowest BCUT2D eigenvalue weighted by molar-refractivity contribution is -0.174. The number of rotatable bonds is 8. The molecule has 6 nitrogen and oxygen atoms in total. The van der Waals surface area contributed by atoms with E-state index >= 15 is 0 Å². The first-order valence-corrected chi connectivity index (χ1v) is 10.0. The number of piperazine rings is 1. The third-order valence-electron chi connectivity index (χ3n) is 5.04. The molecule has 1 aliphatic heterocycles. The van der Waals surface area contributed by atoms with Gasteiger partial charge in [-0.2, -0.15) is 13.2 Å². The summed E-state index contributed by atoms with van der Waals surface area (Å²) < 4.78 is 55.0. The first kappa shape index (κ1) is 24.2. The fourth-order valence-corrected chi connectivity index (χ4v) is 3.10. The highest BCUT2D eigenvalue weighted by atomic mass is 19.4. The molecule has 0 unspecified atom stereocenters. The Morgan fingerprint density at radius 2 is 1.90 bits per heavy atom. The summed E-state index contributed by atoms with van der Waals surface area (Å²) in [7, 11) is 1.81. The molecule has 30 heavy (non-hydrogen) atoms. The van der Waals surface area contributed by atoms with Crippen molar-refractivity contribution in [2.75, 3.05) is 63.2 Å². The molecule has 0 saturated carbocycles. The summed E-state index contributed by atoms with van der Waals surface area (Å²) in [5.41, 5.74) is 0.860. The molecule has 0 atom stereocenters. The first-order valence-electron chi connectivity index (χ1n) is 10.0. The number of nitrogens with zero attached hydrogens (tertiary/aromatic N) is 3. The number of ether oxygens (including phenoxy) is 1. The third kappa shape index (κ3) is 7.64. The van der Waals surface area contributed by atoms with Crippen molar-refractivity contribution in [2.24, 2.45) is 0 Å². The Morgan fingerprint density at radius 1 is 1.23 bits per heavy atom. The zero-order chi connectivity index (χ0) is 22.3. The van der Waals surface area contributed by atoms with Crippen LogP contribution in [0.4, 0.5) is 33.7 Å². The monoisotopic (exact) mass is 434 g/mol. The Balaban J connectivity index is 1.73. The highest BCUT2D eigenvalue weighted by molar-refractivity contribution is 5.89. The molecule has 1 N–H and O–H groups in total. The molecule has 1 saturated heterocycles. The van der Waals surface area contributed by atoms with Gasteiger partial charge >= 0.3 is 12.2 Å². The number of halogens is 4. The van der Waals surface area contributed by atoms with E-state index in [2.05, 4.69) is 15.0 Å². The topological polar surface area (TPSA) is 48.1 Å². The van der Waals surface area contributed by atoms with Crippen LogP contribution in [0.1, 0.15) is 20.3 Å². The lowest BCUT2D eigenvalue weighted by Crippen LogP contribution is -2.50. The summed E-state index contributed by atoms with van der Waals surface area (Å²) in [6, 6.07) is 4.47. The number of amides is 2. The molecule has 0 radical (unpaired) electrons. The summed E-state index contributed by atoms with van der Waals surface area (Å²) in [6.07, 6.45) is -3.80. The van der Waals surface area contributed by atoms with Crippen LogP contribution >= 0.6 is 0 Å². The van der Waals surface area contributed by atoms with Crippen LogP contribution in [-0.4, -0.2) is 81.0 Å². The molecule has 0 spiro atoms. The van der Waals surface area contributed by atoms with Gasteiger partial charge in [-0.25, -0.2) is 9.18 Å². The average molecular weight is 434 g/mol. The molecule has 0 aromatic heterocycles. The largest absolute Gasteiger partial charge is 0.411 e. The zero-order valence-corrected chi connectivity index (χ0v) is 17.6. The van der Waals surface area contributed by atoms with Gasteiger partial charge < -0.3 is 19.9 Å². The number of urea groups is 1. The van der Waals surface area contributed by atoms with Gasteiger partial charge in [-0.15, -0.1) is 0 Å². The van der Waals surface area contributed by atoms with Crippen molar-refractivity contribution in [2.45, 2.75) is 32.5 Å². The number of benzene rings is 1. The standard InChI is InChI=1S/C20H30F4N4O2/c1-15(2)26(3)18-6-5-16(13-17(18)21)25-19(29)28-10-8-27(9-11-28)7-4-12-30-14-20(22,23)24/h5-6,13,15H,4,7-12,14H2,1-3H3,(H,25,29). The minimum Gasteiger partial charge on any atom is -0.372 e. The number of hydrogen-bond acceptors (Lipinski definition) is 4. The smallest absolute Gasteiger partial charge is 0.372 e. The van der Waals surface area contributed by atoms with E-state index in [0.29, 0.717) is 50.5 Å². The van der Waals surface area contributed by atoms with E-state index in [1.807, 2.05) is 25.8 Å². The van der Waals surface area contributed by atoms with Gasteiger partial charge in [0.25, 0.3) is 0 Å². The van der Waals surface area contributed by atoms with Crippen LogP contribution in [0, 0.1) is 5.82 Å². The van der Waals surface area contributed by atoms with Crippen LogP contribution in [0.25, 0.3) is 0 Å². The van der Waals surface area contributed by atoms with E-state index in [9.17, 15) is 22.4 Å². The quantitative estimate of drug-likeness (QED) is 0.500. The average Bonchev–Trinajstić information content (AvgIpc) is 2.67. The van der Waals surface area contributed by atoms with Gasteiger partial charge in [0.1, 0.15) is 12.4 Å². The van der Waals surface area contributed by atoms with Crippen LogP contribution in [0.2, 0.25) is 0 Å². The fraction of sp³-hybridized carbons (Fsp3) is 0.650. The zero-order valence-electron chi connectivity index (χ0n) is 17.6. The van der Waals surface area contributed by atoms with Gasteiger partial charge in [0.15, 0.2) is 0 Å². The maximum absolute atomic E-state index is 14.4. The molecular weight excluding hydrogens is 404 g/mol. The lowest BCUT2D eigenvalue weighted by atomic mass is 10.2. The second-order valence-corrected chi connectivity index (χ2v) is 7.65. The van der Waals surface area contributed by atoms with Gasteiger partial charge in [-0.3, -0.25) is 4.90 Å². The minimum absolute atomic E-state index is 0.0494. The van der Waals surface area contributed by atoms with Gasteiger partial charge in [-0.05, 0) is 38.5 Å². The molecule has 2 rings (SSSR count). The Morgan fingerprint density at radius 3 is 2.47 bits per heavy atom. The number of anilines is 2. The molecule has 1 fully saturated rings. The second kappa shape index (κ2) is 10.8. The van der Waals surface area contributed by atoms with E-state index < -0.39 is 18.6 Å². The molecule has 0 aliphatic carbocycles. The summed E-state index contributed by atoms with van der Waals surface area (Å²) in [5, 5.41) is 2.72. The molecule has 170 valence electrons. The molecule has 1 aromatic rings. The van der Waals surface area contributed by atoms with E-state index in [4.69, 9.17) is 0 Å². The Kier molecular flexibility index (Phi) is 8.72. The van der Waals surface area contributed by atoms with Crippen molar-refractivity contribution < 1.29 is 27.1 Å². The Hall–Kier alpha value is -2.07. The third-order valence-corrected chi connectivity index (χ3v) is 5.04. The van der Waals surface area contributed by atoms with Gasteiger partial charge in [0.2, 0.25) is 0 Å². The van der Waals surface area contributed by atoms with Crippen molar-refractivity contribution in [1.29, 1.82) is 0 Å². The van der Waals surface area contributed by atoms with Gasteiger partial charge in [0.05, 0.1) is 5.69 Å². The van der Waals surface area contributed by atoms with Crippen LogP contribution in [-0.2, 0) is 4.74 Å². The van der Waals surface area contributed by atoms with Crippen LogP contribution in [0.3, 0.4) is 0 Å². The number of carbonyl (C=O) groups is 1. The van der Waals surface area contributed by atoms with E-state index in [-0.39, 0.29) is 18.7 Å². The highest BCUT2D eigenvalue weighted by Gasteiger charge is 2.27. The summed E-state index contributed by atoms with van der Waals surface area (Å²) in [4.78, 5) is 18.0. The molecule has 1 aromatic carbocycles. The second-order valence-electron chi connectivity index (χ2n) is 7.65. The summed E-state index contributed by atoms with van der Waals surface area (Å²) in [5.74, 6) is -0.401. The van der Waals surface area contributed by atoms with E-state index in [1.54, 1.807) is 17.0 Å². The Bertz CT molecular complexity index is 692. The SMILES string of the molecule is CC(C)N(C)c1ccc(NC(=O)N2CCN(CCCOCC(F)(F)F)CC2)cc1F. The predicted molar refractivity (Wildman–Crippen MR) is 108 cm³/mol. The fourth-order valence-electron chi connectivity index (χ4n) is 3.10. The van der Waals surface area contributed by atoms with Gasteiger partial charge in [0, 0.05) is 58.1 Å². The van der Waals surface area contributed by atoms with Crippen molar-refractivity contribution in [1.82, 2.24) is 9.80 Å². The molecule has 1 aliphatic rings.